The maximum absolute atomic E-state index is 12.7. The highest BCUT2D eigenvalue weighted by atomic mass is 79.9. The molecule has 0 fully saturated rings. The number of anilines is 1. The van der Waals surface area contributed by atoms with E-state index in [1.165, 1.54) is 11.8 Å². The van der Waals surface area contributed by atoms with Crippen molar-refractivity contribution in [2.75, 3.05) is 5.32 Å². The molecule has 1 unspecified atom stereocenters. The highest BCUT2D eigenvalue weighted by Crippen LogP contribution is 2.30. The van der Waals surface area contributed by atoms with Crippen molar-refractivity contribution in [3.05, 3.63) is 59.0 Å². The number of nitrogens with zero attached hydrogens (tertiary/aromatic N) is 3. The third kappa shape index (κ3) is 4.39. The second-order valence-electron chi connectivity index (χ2n) is 6.33. The van der Waals surface area contributed by atoms with Crippen LogP contribution < -0.4 is 5.32 Å². The van der Waals surface area contributed by atoms with Gasteiger partial charge in [0.25, 0.3) is 0 Å². The van der Waals surface area contributed by atoms with E-state index in [9.17, 15) is 4.79 Å². The summed E-state index contributed by atoms with van der Waals surface area (Å²) in [6, 6.07) is 7.67. The lowest BCUT2D eigenvalue weighted by Crippen LogP contribution is -2.23. The van der Waals surface area contributed by atoms with Gasteiger partial charge in [-0.2, -0.15) is 0 Å². The van der Waals surface area contributed by atoms with Gasteiger partial charge >= 0.3 is 0 Å². The van der Waals surface area contributed by atoms with Gasteiger partial charge in [0, 0.05) is 11.0 Å². The Labute approximate surface area is 176 Å². The number of carbonyl (C=O) groups is 1. The van der Waals surface area contributed by atoms with Crippen LogP contribution in [0.25, 0.3) is 11.4 Å². The van der Waals surface area contributed by atoms with E-state index < -0.39 is 0 Å². The number of hydrogen-bond acceptors (Lipinski definition) is 5. The van der Waals surface area contributed by atoms with E-state index in [-0.39, 0.29) is 11.2 Å². The molecule has 0 aliphatic carbocycles. The average molecular weight is 461 g/mol. The summed E-state index contributed by atoms with van der Waals surface area (Å²) in [5.74, 6) is 1.36. The lowest BCUT2D eigenvalue weighted by atomic mass is 10.2. The van der Waals surface area contributed by atoms with E-state index >= 15 is 0 Å². The molecule has 0 saturated carbocycles. The van der Waals surface area contributed by atoms with E-state index in [0.717, 1.165) is 27.0 Å². The molecule has 1 amide bonds. The molecule has 0 radical (unpaired) electrons. The summed E-state index contributed by atoms with van der Waals surface area (Å²) >= 11 is 4.84. The van der Waals surface area contributed by atoms with Crippen molar-refractivity contribution < 1.29 is 9.21 Å². The predicted octanol–water partition coefficient (Wildman–Crippen LogP) is 5.22. The molecule has 0 saturated heterocycles. The zero-order chi connectivity index (χ0) is 20.3. The number of benzene rings is 1. The second kappa shape index (κ2) is 8.79. The predicted molar refractivity (Wildman–Crippen MR) is 115 cm³/mol. The normalized spacial score (nSPS) is 12.0. The first-order valence-corrected chi connectivity index (χ1v) is 10.4. The molecule has 2 aromatic heterocycles. The highest BCUT2D eigenvalue weighted by Gasteiger charge is 2.22. The van der Waals surface area contributed by atoms with Crippen molar-refractivity contribution in [3.63, 3.8) is 0 Å². The van der Waals surface area contributed by atoms with Gasteiger partial charge in [0.1, 0.15) is 5.76 Å². The number of allylic oxidation sites excluding steroid dienone is 1. The number of aryl methyl sites for hydroxylation is 2. The Morgan fingerprint density at radius 2 is 2.18 bits per heavy atom. The first-order chi connectivity index (χ1) is 13.4. The van der Waals surface area contributed by atoms with Gasteiger partial charge in [-0.1, -0.05) is 23.9 Å². The van der Waals surface area contributed by atoms with Gasteiger partial charge in [-0.3, -0.25) is 9.36 Å². The standard InChI is InChI=1S/C20H21BrN4O2S/c1-5-9-25-18(15-8-10-27-13(15)3)23-24-20(25)28-14(4)19(26)22-17-7-6-12(2)11-16(17)21/h5-8,10-11,14H,1,9H2,2-4H3,(H,22,26). The molecule has 3 aromatic rings. The van der Waals surface area contributed by atoms with Crippen molar-refractivity contribution in [1.82, 2.24) is 14.8 Å². The fourth-order valence-corrected chi connectivity index (χ4v) is 4.10. The third-order valence-corrected chi connectivity index (χ3v) is 5.90. The molecule has 0 bridgehead atoms. The van der Waals surface area contributed by atoms with Crippen LogP contribution in [0.2, 0.25) is 0 Å². The number of furan rings is 1. The van der Waals surface area contributed by atoms with Gasteiger partial charge in [-0.25, -0.2) is 0 Å². The van der Waals surface area contributed by atoms with Gasteiger partial charge in [0.2, 0.25) is 5.91 Å². The number of thioether (sulfide) groups is 1. The lowest BCUT2D eigenvalue weighted by Gasteiger charge is -2.14. The fourth-order valence-electron chi connectivity index (χ4n) is 2.65. The average Bonchev–Trinajstić information content (AvgIpc) is 3.24. The van der Waals surface area contributed by atoms with Crippen molar-refractivity contribution >= 4 is 39.3 Å². The Balaban J connectivity index is 1.79. The molecule has 0 aliphatic rings. The number of halogens is 1. The summed E-state index contributed by atoms with van der Waals surface area (Å²) in [6.45, 7) is 10.1. The van der Waals surface area contributed by atoms with Crippen molar-refractivity contribution in [2.45, 2.75) is 37.7 Å². The minimum atomic E-state index is -0.362. The van der Waals surface area contributed by atoms with Gasteiger partial charge in [-0.15, -0.1) is 16.8 Å². The number of carbonyl (C=O) groups excluding carboxylic acids is 1. The Bertz CT molecular complexity index is 1010. The maximum atomic E-state index is 12.7. The summed E-state index contributed by atoms with van der Waals surface area (Å²) in [6.07, 6.45) is 3.40. The van der Waals surface area contributed by atoms with Crippen LogP contribution in [0.1, 0.15) is 18.2 Å². The number of hydrogen-bond donors (Lipinski definition) is 1. The Hall–Kier alpha value is -2.32. The molecule has 0 aliphatic heterocycles. The molecule has 146 valence electrons. The molecule has 1 aromatic carbocycles. The molecule has 28 heavy (non-hydrogen) atoms. The molecule has 1 atom stereocenters. The van der Waals surface area contributed by atoms with Crippen LogP contribution >= 0.6 is 27.7 Å². The largest absolute Gasteiger partial charge is 0.469 e. The van der Waals surface area contributed by atoms with Gasteiger partial charge in [0.15, 0.2) is 11.0 Å². The van der Waals surface area contributed by atoms with Crippen molar-refractivity contribution in [3.8, 4) is 11.4 Å². The maximum Gasteiger partial charge on any atom is 0.237 e. The summed E-state index contributed by atoms with van der Waals surface area (Å²) in [7, 11) is 0. The topological polar surface area (TPSA) is 73.0 Å². The molecule has 0 spiro atoms. The quantitative estimate of drug-likeness (QED) is 0.386. The van der Waals surface area contributed by atoms with Gasteiger partial charge in [0.05, 0.1) is 22.8 Å². The first-order valence-electron chi connectivity index (χ1n) is 8.73. The van der Waals surface area contributed by atoms with Crippen LogP contribution in [-0.2, 0) is 11.3 Å². The van der Waals surface area contributed by atoms with E-state index in [1.54, 1.807) is 12.3 Å². The van der Waals surface area contributed by atoms with E-state index in [0.29, 0.717) is 17.5 Å². The van der Waals surface area contributed by atoms with Crippen molar-refractivity contribution in [2.24, 2.45) is 0 Å². The van der Waals surface area contributed by atoms with Crippen molar-refractivity contribution in [1.29, 1.82) is 0 Å². The van der Waals surface area contributed by atoms with E-state index in [2.05, 4.69) is 38.0 Å². The zero-order valence-corrected chi connectivity index (χ0v) is 18.3. The van der Waals surface area contributed by atoms with Crippen LogP contribution in [0.5, 0.6) is 0 Å². The van der Waals surface area contributed by atoms with Crippen LogP contribution in [0.15, 0.2) is 57.2 Å². The zero-order valence-electron chi connectivity index (χ0n) is 15.9. The van der Waals surface area contributed by atoms with Gasteiger partial charge < -0.3 is 9.73 Å². The van der Waals surface area contributed by atoms with E-state index in [4.69, 9.17) is 4.42 Å². The number of aromatic nitrogens is 3. The minimum Gasteiger partial charge on any atom is -0.469 e. The minimum absolute atomic E-state index is 0.108. The SMILES string of the molecule is C=CCn1c(SC(C)C(=O)Nc2ccc(C)cc2Br)nnc1-c1ccoc1C. The number of amides is 1. The molecule has 3 rings (SSSR count). The number of nitrogens with one attached hydrogen (secondary N) is 1. The Morgan fingerprint density at radius 3 is 2.82 bits per heavy atom. The molecule has 2 heterocycles. The fraction of sp³-hybridized carbons (Fsp3) is 0.250. The van der Waals surface area contributed by atoms with E-state index in [1.807, 2.05) is 49.6 Å². The molecular weight excluding hydrogens is 440 g/mol. The Morgan fingerprint density at radius 1 is 1.39 bits per heavy atom. The summed E-state index contributed by atoms with van der Waals surface area (Å²) in [4.78, 5) is 12.7. The van der Waals surface area contributed by atoms with Crippen LogP contribution in [-0.4, -0.2) is 25.9 Å². The van der Waals surface area contributed by atoms with Crippen LogP contribution in [0.3, 0.4) is 0 Å². The molecule has 6 nitrogen and oxygen atoms in total. The second-order valence-corrected chi connectivity index (χ2v) is 8.49. The molecular formula is C20H21BrN4O2S. The molecule has 8 heteroatoms. The summed E-state index contributed by atoms with van der Waals surface area (Å²) < 4.78 is 8.17. The Kier molecular flexibility index (Phi) is 6.41. The highest BCUT2D eigenvalue weighted by molar-refractivity contribution is 9.10. The van der Waals surface area contributed by atoms with Crippen LogP contribution in [0.4, 0.5) is 5.69 Å². The number of rotatable bonds is 7. The van der Waals surface area contributed by atoms with Crippen LogP contribution in [0, 0.1) is 13.8 Å². The summed E-state index contributed by atoms with van der Waals surface area (Å²) in [5.41, 5.74) is 2.74. The lowest BCUT2D eigenvalue weighted by molar-refractivity contribution is -0.115. The molecule has 1 N–H and O–H groups in total. The smallest absolute Gasteiger partial charge is 0.237 e. The van der Waals surface area contributed by atoms with Gasteiger partial charge in [-0.05, 0) is 60.5 Å². The first kappa shape index (κ1) is 20.4. The summed E-state index contributed by atoms with van der Waals surface area (Å²) in [5, 5.41) is 11.8. The third-order valence-electron chi connectivity index (χ3n) is 4.16. The monoisotopic (exact) mass is 460 g/mol.